The van der Waals surface area contributed by atoms with Crippen LogP contribution in [0.4, 0.5) is 0 Å². The van der Waals surface area contributed by atoms with E-state index in [1.54, 1.807) is 26.4 Å². The number of hydrogen-bond acceptors (Lipinski definition) is 5. The lowest BCUT2D eigenvalue weighted by Crippen LogP contribution is -2.41. The van der Waals surface area contributed by atoms with E-state index in [-0.39, 0.29) is 12.0 Å². The molecule has 0 bridgehead atoms. The van der Waals surface area contributed by atoms with Crippen molar-refractivity contribution >= 4 is 18.6 Å². The van der Waals surface area contributed by atoms with E-state index in [0.29, 0.717) is 16.9 Å². The Morgan fingerprint density at radius 2 is 1.83 bits per heavy atom. The second-order valence-corrected chi connectivity index (χ2v) is 7.68. The van der Waals surface area contributed by atoms with Crippen molar-refractivity contribution in [3.05, 3.63) is 17.8 Å². The van der Waals surface area contributed by atoms with Gasteiger partial charge in [0.25, 0.3) is 5.91 Å². The highest BCUT2D eigenvalue weighted by Gasteiger charge is 2.53. The van der Waals surface area contributed by atoms with Crippen LogP contribution in [-0.2, 0) is 9.31 Å². The number of amides is 1. The Morgan fingerprint density at radius 3 is 2.33 bits per heavy atom. The third kappa shape index (κ3) is 3.02. The molecule has 1 saturated carbocycles. The fraction of sp³-hybridized carbons (Fsp3) is 0.647. The lowest BCUT2D eigenvalue weighted by atomic mass is 9.82. The highest BCUT2D eigenvalue weighted by molar-refractivity contribution is 6.62. The summed E-state index contributed by atoms with van der Waals surface area (Å²) in [5.41, 5.74) is 0.0788. The first-order chi connectivity index (χ1) is 11.1. The molecular formula is C17H25BN2O4. The molecule has 3 rings (SSSR count). The Hall–Kier alpha value is -1.60. The van der Waals surface area contributed by atoms with E-state index in [9.17, 15) is 4.79 Å². The summed E-state index contributed by atoms with van der Waals surface area (Å²) >= 11 is 0. The summed E-state index contributed by atoms with van der Waals surface area (Å²) in [6.45, 7) is 7.96. The highest BCUT2D eigenvalue weighted by atomic mass is 16.7. The molecule has 1 aliphatic carbocycles. The van der Waals surface area contributed by atoms with Crippen LogP contribution < -0.4 is 10.3 Å². The van der Waals surface area contributed by atoms with Crippen LogP contribution in [0, 0.1) is 0 Å². The molecule has 2 heterocycles. The molecule has 1 amide bonds. The quantitative estimate of drug-likeness (QED) is 0.784. The van der Waals surface area contributed by atoms with Crippen LogP contribution in [0.3, 0.4) is 0 Å². The van der Waals surface area contributed by atoms with E-state index in [4.69, 9.17) is 14.0 Å². The van der Waals surface area contributed by atoms with E-state index < -0.39 is 18.3 Å². The summed E-state index contributed by atoms with van der Waals surface area (Å²) in [6, 6.07) is 1.69. The molecule has 0 N–H and O–H groups in total. The Bertz CT molecular complexity index is 640. The van der Waals surface area contributed by atoms with Gasteiger partial charge in [-0.05, 0) is 46.6 Å². The van der Waals surface area contributed by atoms with Gasteiger partial charge in [-0.3, -0.25) is 9.78 Å². The summed E-state index contributed by atoms with van der Waals surface area (Å²) in [6.07, 6.45) is 3.74. The Morgan fingerprint density at radius 1 is 1.25 bits per heavy atom. The molecule has 6 nitrogen and oxygen atoms in total. The third-order valence-electron chi connectivity index (χ3n) is 4.85. The van der Waals surface area contributed by atoms with Gasteiger partial charge in [-0.15, -0.1) is 0 Å². The van der Waals surface area contributed by atoms with Crippen molar-refractivity contribution in [2.24, 2.45) is 0 Å². The number of carbonyl (C=O) groups excluding carboxylic acids is 1. The van der Waals surface area contributed by atoms with Crippen molar-refractivity contribution in [3.8, 4) is 5.75 Å². The van der Waals surface area contributed by atoms with Crippen molar-refractivity contribution < 1.29 is 18.8 Å². The lowest BCUT2D eigenvalue weighted by molar-refractivity contribution is 0.00578. The van der Waals surface area contributed by atoms with Crippen molar-refractivity contribution in [1.29, 1.82) is 0 Å². The van der Waals surface area contributed by atoms with Gasteiger partial charge in [-0.1, -0.05) is 0 Å². The number of carbonyl (C=O) groups is 1. The molecule has 0 unspecified atom stereocenters. The maximum Gasteiger partial charge on any atom is 0.518 e. The minimum atomic E-state index is -0.654. The van der Waals surface area contributed by atoms with Gasteiger partial charge in [-0.2, -0.15) is 0 Å². The number of pyridine rings is 1. The SMILES string of the molecule is CN(C)C(=O)c1ccnc(B2OC(C)(C)C(C)(C)O2)c1OC1CC1. The normalized spacial score (nSPS) is 21.7. The minimum absolute atomic E-state index is 0.120. The first-order valence-electron chi connectivity index (χ1n) is 8.35. The minimum Gasteiger partial charge on any atom is -0.488 e. The third-order valence-corrected chi connectivity index (χ3v) is 4.85. The Labute approximate surface area is 143 Å². The first-order valence-corrected chi connectivity index (χ1v) is 8.35. The molecule has 0 atom stereocenters. The zero-order valence-corrected chi connectivity index (χ0v) is 15.3. The van der Waals surface area contributed by atoms with E-state index >= 15 is 0 Å². The van der Waals surface area contributed by atoms with Gasteiger partial charge in [0, 0.05) is 20.3 Å². The van der Waals surface area contributed by atoms with Crippen molar-refractivity contribution in [2.45, 2.75) is 57.8 Å². The van der Waals surface area contributed by atoms with Gasteiger partial charge in [0.05, 0.1) is 22.9 Å². The summed E-state index contributed by atoms with van der Waals surface area (Å²) in [4.78, 5) is 18.5. The number of aromatic nitrogens is 1. The molecule has 1 aromatic rings. The number of hydrogen-bond donors (Lipinski definition) is 0. The molecule has 0 spiro atoms. The van der Waals surface area contributed by atoms with Gasteiger partial charge in [0.2, 0.25) is 0 Å². The topological polar surface area (TPSA) is 60.9 Å². The largest absolute Gasteiger partial charge is 0.518 e. The molecule has 1 aromatic heterocycles. The standard InChI is InChI=1S/C17H25BN2O4/c1-16(2)17(3,4)24-18(23-16)14-13(22-11-7-8-11)12(9-10-19-14)15(21)20(5)6/h9-11H,7-8H2,1-6H3. The fourth-order valence-electron chi connectivity index (χ4n) is 2.47. The second-order valence-electron chi connectivity index (χ2n) is 7.68. The average molecular weight is 332 g/mol. The van der Waals surface area contributed by atoms with Crippen LogP contribution in [0.5, 0.6) is 5.75 Å². The average Bonchev–Trinajstić information content (AvgIpc) is 3.25. The smallest absolute Gasteiger partial charge is 0.488 e. The zero-order valence-electron chi connectivity index (χ0n) is 15.3. The summed E-state index contributed by atoms with van der Waals surface area (Å²) in [5.74, 6) is 0.364. The summed E-state index contributed by atoms with van der Waals surface area (Å²) < 4.78 is 18.2. The number of ether oxygens (including phenoxy) is 1. The van der Waals surface area contributed by atoms with E-state index in [2.05, 4.69) is 4.98 Å². The Balaban J connectivity index is 2.01. The first kappa shape index (κ1) is 17.2. The molecular weight excluding hydrogens is 307 g/mol. The molecule has 1 saturated heterocycles. The maximum atomic E-state index is 12.5. The van der Waals surface area contributed by atoms with E-state index in [0.717, 1.165) is 12.8 Å². The summed E-state index contributed by atoms with van der Waals surface area (Å²) in [7, 11) is 2.79. The van der Waals surface area contributed by atoms with Gasteiger partial charge in [0.15, 0.2) is 5.75 Å². The zero-order chi connectivity index (χ0) is 17.7. The van der Waals surface area contributed by atoms with E-state index in [1.807, 2.05) is 27.7 Å². The van der Waals surface area contributed by atoms with Crippen LogP contribution in [-0.4, -0.2) is 54.3 Å². The van der Waals surface area contributed by atoms with Gasteiger partial charge >= 0.3 is 7.12 Å². The van der Waals surface area contributed by atoms with Crippen molar-refractivity contribution in [1.82, 2.24) is 9.88 Å². The Kier molecular flexibility index (Phi) is 4.12. The van der Waals surface area contributed by atoms with Crippen LogP contribution in [0.15, 0.2) is 12.3 Å². The van der Waals surface area contributed by atoms with Crippen LogP contribution in [0.25, 0.3) is 0 Å². The number of rotatable bonds is 4. The molecule has 0 aromatic carbocycles. The molecule has 7 heteroatoms. The fourth-order valence-corrected chi connectivity index (χ4v) is 2.47. The van der Waals surface area contributed by atoms with Crippen molar-refractivity contribution in [2.75, 3.05) is 14.1 Å². The lowest BCUT2D eigenvalue weighted by Gasteiger charge is -2.32. The molecule has 2 fully saturated rings. The number of nitrogens with zero attached hydrogens (tertiary/aromatic N) is 2. The molecule has 24 heavy (non-hydrogen) atoms. The maximum absolute atomic E-state index is 12.5. The molecule has 0 radical (unpaired) electrons. The van der Waals surface area contributed by atoms with Gasteiger partial charge < -0.3 is 18.9 Å². The van der Waals surface area contributed by atoms with Crippen LogP contribution in [0.1, 0.15) is 50.9 Å². The van der Waals surface area contributed by atoms with Crippen LogP contribution >= 0.6 is 0 Å². The van der Waals surface area contributed by atoms with Gasteiger partial charge in [0.1, 0.15) is 5.59 Å². The predicted molar refractivity (Wildman–Crippen MR) is 91.6 cm³/mol. The molecule has 130 valence electrons. The summed E-state index contributed by atoms with van der Waals surface area (Å²) in [5, 5.41) is 0. The van der Waals surface area contributed by atoms with Crippen molar-refractivity contribution in [3.63, 3.8) is 0 Å². The van der Waals surface area contributed by atoms with E-state index in [1.165, 1.54) is 4.90 Å². The highest BCUT2D eigenvalue weighted by Crippen LogP contribution is 2.38. The second kappa shape index (κ2) is 5.74. The van der Waals surface area contributed by atoms with Crippen LogP contribution in [0.2, 0.25) is 0 Å². The predicted octanol–water partition coefficient (Wildman–Crippen LogP) is 1.62. The molecule has 1 aliphatic heterocycles. The molecule has 2 aliphatic rings. The monoisotopic (exact) mass is 332 g/mol. The van der Waals surface area contributed by atoms with Gasteiger partial charge in [-0.25, -0.2) is 0 Å².